The van der Waals surface area contributed by atoms with Crippen LogP contribution in [0.15, 0.2) is 22.8 Å². The van der Waals surface area contributed by atoms with Gasteiger partial charge in [0.2, 0.25) is 0 Å². The number of hydrogen-bond donors (Lipinski definition) is 0. The first kappa shape index (κ1) is 16.0. The van der Waals surface area contributed by atoms with E-state index in [4.69, 9.17) is 4.74 Å². The molecule has 0 atom stereocenters. The highest BCUT2D eigenvalue weighted by atomic mass is 16.5. The van der Waals surface area contributed by atoms with E-state index < -0.39 is 0 Å². The fraction of sp³-hybridized carbons (Fsp3) is 0.706. The molecule has 0 aromatic rings. The van der Waals surface area contributed by atoms with Crippen molar-refractivity contribution in [2.45, 2.75) is 66.7 Å². The lowest BCUT2D eigenvalue weighted by molar-refractivity contribution is -0.138. The molecule has 0 N–H and O–H groups in total. The third kappa shape index (κ3) is 4.22. The number of esters is 1. The van der Waals surface area contributed by atoms with E-state index in [2.05, 4.69) is 33.8 Å². The zero-order valence-electron chi connectivity index (χ0n) is 13.1. The molecule has 2 nitrogen and oxygen atoms in total. The van der Waals surface area contributed by atoms with Crippen LogP contribution in [-0.2, 0) is 9.53 Å². The third-order valence-electron chi connectivity index (χ3n) is 3.92. The maximum absolute atomic E-state index is 12.0. The van der Waals surface area contributed by atoms with Crippen LogP contribution in [0.4, 0.5) is 0 Å². The molecule has 0 spiro atoms. The smallest absolute Gasteiger partial charge is 0.333 e. The molecule has 0 amide bonds. The summed E-state index contributed by atoms with van der Waals surface area (Å²) in [6.07, 6.45) is 7.47. The summed E-state index contributed by atoms with van der Waals surface area (Å²) in [7, 11) is 0. The highest BCUT2D eigenvalue weighted by Gasteiger charge is 2.28. The Balaban J connectivity index is 3.09. The van der Waals surface area contributed by atoms with Crippen molar-refractivity contribution in [3.8, 4) is 0 Å². The number of allylic oxidation sites excluding steroid dienone is 3. The molecule has 0 heterocycles. The van der Waals surface area contributed by atoms with Crippen LogP contribution in [0.5, 0.6) is 0 Å². The zero-order valence-corrected chi connectivity index (χ0v) is 13.1. The average Bonchev–Trinajstić information content (AvgIpc) is 2.32. The fourth-order valence-electron chi connectivity index (χ4n) is 2.86. The molecule has 0 radical (unpaired) electrons. The second-order valence-electron chi connectivity index (χ2n) is 6.07. The fourth-order valence-corrected chi connectivity index (χ4v) is 2.86. The molecule has 1 rings (SSSR count). The lowest BCUT2D eigenvalue weighted by Gasteiger charge is -2.33. The summed E-state index contributed by atoms with van der Waals surface area (Å²) in [5, 5.41) is 0. The van der Waals surface area contributed by atoms with Crippen LogP contribution < -0.4 is 0 Å². The number of ether oxygens (including phenoxy) is 1. The molecular formula is C17H28O2. The Labute approximate surface area is 117 Å². The van der Waals surface area contributed by atoms with Crippen LogP contribution in [0.2, 0.25) is 0 Å². The third-order valence-corrected chi connectivity index (χ3v) is 3.92. The number of rotatable bonds is 5. The largest absolute Gasteiger partial charge is 0.463 e. The van der Waals surface area contributed by atoms with Crippen LogP contribution in [0, 0.1) is 5.41 Å². The standard InChI is InChI=1S/C17H28O2/c1-6-9-14(16(18)19-7-2)12-15-13(3)10-8-11-17(15,4)5/h12H,6-11H2,1-5H3. The van der Waals surface area contributed by atoms with Crippen molar-refractivity contribution in [2.75, 3.05) is 6.61 Å². The van der Waals surface area contributed by atoms with Crippen molar-refractivity contribution in [3.05, 3.63) is 22.8 Å². The van der Waals surface area contributed by atoms with E-state index in [-0.39, 0.29) is 11.4 Å². The Bertz CT molecular complexity index is 386. The topological polar surface area (TPSA) is 26.3 Å². The van der Waals surface area contributed by atoms with Gasteiger partial charge in [-0.1, -0.05) is 32.8 Å². The molecule has 108 valence electrons. The summed E-state index contributed by atoms with van der Waals surface area (Å²) in [6, 6.07) is 0. The minimum atomic E-state index is -0.147. The van der Waals surface area contributed by atoms with Crippen molar-refractivity contribution in [1.29, 1.82) is 0 Å². The highest BCUT2D eigenvalue weighted by molar-refractivity contribution is 5.89. The summed E-state index contributed by atoms with van der Waals surface area (Å²) in [6.45, 7) is 11.1. The van der Waals surface area contributed by atoms with Gasteiger partial charge in [-0.15, -0.1) is 0 Å². The molecule has 0 saturated carbocycles. The van der Waals surface area contributed by atoms with E-state index in [0.717, 1.165) is 24.8 Å². The lowest BCUT2D eigenvalue weighted by atomic mass is 9.72. The van der Waals surface area contributed by atoms with Gasteiger partial charge >= 0.3 is 5.97 Å². The van der Waals surface area contributed by atoms with Gasteiger partial charge in [0.15, 0.2) is 0 Å². The van der Waals surface area contributed by atoms with Gasteiger partial charge in [0.1, 0.15) is 0 Å². The number of carbonyl (C=O) groups is 1. The second kappa shape index (κ2) is 6.93. The first-order chi connectivity index (χ1) is 8.92. The first-order valence-corrected chi connectivity index (χ1v) is 7.50. The molecule has 0 aromatic carbocycles. The van der Waals surface area contributed by atoms with Gasteiger partial charge in [-0.2, -0.15) is 0 Å². The van der Waals surface area contributed by atoms with Crippen LogP contribution >= 0.6 is 0 Å². The summed E-state index contributed by atoms with van der Waals surface area (Å²) >= 11 is 0. The van der Waals surface area contributed by atoms with Crippen LogP contribution in [0.1, 0.15) is 66.7 Å². The molecular weight excluding hydrogens is 236 g/mol. The van der Waals surface area contributed by atoms with E-state index in [1.54, 1.807) is 0 Å². The number of hydrogen-bond acceptors (Lipinski definition) is 2. The summed E-state index contributed by atoms with van der Waals surface area (Å²) < 4.78 is 5.17. The molecule has 19 heavy (non-hydrogen) atoms. The Hall–Kier alpha value is -1.05. The predicted molar refractivity (Wildman–Crippen MR) is 80.0 cm³/mol. The molecule has 1 aliphatic carbocycles. The van der Waals surface area contributed by atoms with Gasteiger partial charge in [-0.05, 0) is 56.6 Å². The van der Waals surface area contributed by atoms with E-state index >= 15 is 0 Å². The molecule has 0 saturated heterocycles. The zero-order chi connectivity index (χ0) is 14.5. The molecule has 0 bridgehead atoms. The quantitative estimate of drug-likeness (QED) is 0.526. The Morgan fingerprint density at radius 3 is 2.58 bits per heavy atom. The minimum absolute atomic E-state index is 0.147. The summed E-state index contributed by atoms with van der Waals surface area (Å²) in [5.74, 6) is -0.147. The summed E-state index contributed by atoms with van der Waals surface area (Å²) in [5.41, 5.74) is 3.77. The van der Waals surface area contributed by atoms with E-state index in [9.17, 15) is 4.79 Å². The van der Waals surface area contributed by atoms with E-state index in [1.165, 1.54) is 24.0 Å². The maximum Gasteiger partial charge on any atom is 0.333 e. The minimum Gasteiger partial charge on any atom is -0.463 e. The summed E-state index contributed by atoms with van der Waals surface area (Å²) in [4.78, 5) is 12.0. The Kier molecular flexibility index (Phi) is 5.84. The average molecular weight is 264 g/mol. The lowest BCUT2D eigenvalue weighted by Crippen LogP contribution is -2.20. The van der Waals surface area contributed by atoms with Gasteiger partial charge in [-0.25, -0.2) is 4.79 Å². The highest BCUT2D eigenvalue weighted by Crippen LogP contribution is 2.41. The molecule has 2 heteroatoms. The van der Waals surface area contributed by atoms with Crippen LogP contribution in [-0.4, -0.2) is 12.6 Å². The first-order valence-electron chi connectivity index (χ1n) is 7.50. The molecule has 0 aromatic heterocycles. The number of carbonyl (C=O) groups excluding carboxylic acids is 1. The SMILES string of the molecule is CCCC(=CC1=C(C)CCCC1(C)C)C(=O)OCC. The van der Waals surface area contributed by atoms with Crippen molar-refractivity contribution >= 4 is 5.97 Å². The van der Waals surface area contributed by atoms with Gasteiger partial charge in [-0.3, -0.25) is 0 Å². The van der Waals surface area contributed by atoms with Crippen molar-refractivity contribution in [2.24, 2.45) is 5.41 Å². The molecule has 0 fully saturated rings. The van der Waals surface area contributed by atoms with Crippen LogP contribution in [0.3, 0.4) is 0 Å². The van der Waals surface area contributed by atoms with Crippen molar-refractivity contribution < 1.29 is 9.53 Å². The van der Waals surface area contributed by atoms with Gasteiger partial charge < -0.3 is 4.74 Å². The van der Waals surface area contributed by atoms with Crippen molar-refractivity contribution in [1.82, 2.24) is 0 Å². The van der Waals surface area contributed by atoms with Gasteiger partial charge in [0, 0.05) is 5.57 Å². The Morgan fingerprint density at radius 2 is 2.05 bits per heavy atom. The van der Waals surface area contributed by atoms with E-state index in [0.29, 0.717) is 6.61 Å². The normalized spacial score (nSPS) is 19.5. The van der Waals surface area contributed by atoms with E-state index in [1.807, 2.05) is 6.92 Å². The van der Waals surface area contributed by atoms with Gasteiger partial charge in [0.05, 0.1) is 6.61 Å². The van der Waals surface area contributed by atoms with Gasteiger partial charge in [0.25, 0.3) is 0 Å². The monoisotopic (exact) mass is 264 g/mol. The molecule has 0 unspecified atom stereocenters. The van der Waals surface area contributed by atoms with Crippen molar-refractivity contribution in [3.63, 3.8) is 0 Å². The van der Waals surface area contributed by atoms with Crippen LogP contribution in [0.25, 0.3) is 0 Å². The maximum atomic E-state index is 12.0. The predicted octanol–water partition coefficient (Wildman–Crippen LogP) is 4.80. The second-order valence-corrected chi connectivity index (χ2v) is 6.07. The molecule has 0 aliphatic heterocycles. The molecule has 1 aliphatic rings. The Morgan fingerprint density at radius 1 is 1.37 bits per heavy atom.